The highest BCUT2D eigenvalue weighted by Gasteiger charge is 2.27. The fourth-order valence-corrected chi connectivity index (χ4v) is 4.51. The van der Waals surface area contributed by atoms with Gasteiger partial charge < -0.3 is 29.9 Å². The van der Waals surface area contributed by atoms with E-state index in [1.165, 1.54) is 4.90 Å². The number of hydrogen-bond donors (Lipinski definition) is 2. The number of urea groups is 1. The van der Waals surface area contributed by atoms with Crippen molar-refractivity contribution >= 4 is 35.5 Å². The van der Waals surface area contributed by atoms with Gasteiger partial charge >= 0.3 is 18.1 Å². The van der Waals surface area contributed by atoms with E-state index >= 15 is 0 Å². The third kappa shape index (κ3) is 9.45. The molecule has 3 rings (SSSR count). The smallest absolute Gasteiger partial charge is 0.415 e. The molecule has 1 aliphatic rings. The van der Waals surface area contributed by atoms with Crippen molar-refractivity contribution in [2.75, 3.05) is 54.9 Å². The topological polar surface area (TPSA) is 131 Å². The van der Waals surface area contributed by atoms with E-state index in [1.54, 1.807) is 47.3 Å². The summed E-state index contributed by atoms with van der Waals surface area (Å²) in [5.41, 5.74) is 1.13. The van der Waals surface area contributed by atoms with E-state index in [9.17, 15) is 19.5 Å². The molecular weight excluding hydrogens is 550 g/mol. The number of hydrogen-bond acceptors (Lipinski definition) is 8. The first-order valence-electron chi connectivity index (χ1n) is 15.3. The number of likely N-dealkylation sites (tertiary alicyclic amines) is 1. The van der Waals surface area contributed by atoms with Crippen LogP contribution in [0.4, 0.5) is 27.0 Å². The first-order valence-corrected chi connectivity index (χ1v) is 15.3. The molecule has 0 bridgehead atoms. The Balaban J connectivity index is 0.00000316. The molecule has 238 valence electrons. The van der Waals surface area contributed by atoms with E-state index in [0.717, 1.165) is 18.4 Å². The SMILES string of the molecule is CC.CCN(CC)c1ncc(N(CC)C(=O)N(C)C(C)C)c(NC(Cc2ccc(OC(=O)N3CCCC3)cc2)C(=O)O)n1. The highest BCUT2D eigenvalue weighted by atomic mass is 16.6. The number of aliphatic carboxylic acids is 1. The molecule has 0 spiro atoms. The number of aromatic nitrogens is 2. The van der Waals surface area contributed by atoms with Gasteiger partial charge in [0.2, 0.25) is 5.95 Å². The van der Waals surface area contributed by atoms with Crippen molar-refractivity contribution < 1.29 is 24.2 Å². The molecule has 1 atom stereocenters. The number of carbonyl (C=O) groups is 3. The first kappa shape index (κ1) is 35.1. The van der Waals surface area contributed by atoms with Gasteiger partial charge in [-0.05, 0) is 65.2 Å². The summed E-state index contributed by atoms with van der Waals surface area (Å²) in [7, 11) is 1.72. The van der Waals surface area contributed by atoms with Crippen molar-refractivity contribution in [3.8, 4) is 5.75 Å². The quantitative estimate of drug-likeness (QED) is 0.332. The second-order valence-corrected chi connectivity index (χ2v) is 10.3. The van der Waals surface area contributed by atoms with E-state index in [1.807, 2.05) is 53.4 Å². The number of carbonyl (C=O) groups excluding carboxylic acids is 2. The fraction of sp³-hybridized carbons (Fsp3) is 0.581. The molecule has 12 nitrogen and oxygen atoms in total. The Kier molecular flexibility index (Phi) is 14.0. The lowest BCUT2D eigenvalue weighted by molar-refractivity contribution is -0.137. The minimum Gasteiger partial charge on any atom is -0.480 e. The van der Waals surface area contributed by atoms with E-state index in [2.05, 4.69) is 15.3 Å². The van der Waals surface area contributed by atoms with Crippen LogP contribution in [-0.2, 0) is 11.2 Å². The molecule has 1 aromatic heterocycles. The Morgan fingerprint density at radius 1 is 1.02 bits per heavy atom. The summed E-state index contributed by atoms with van der Waals surface area (Å²) in [6, 6.07) is 5.48. The first-order chi connectivity index (χ1) is 20.6. The summed E-state index contributed by atoms with van der Waals surface area (Å²) in [6.07, 6.45) is 3.27. The van der Waals surface area contributed by atoms with Crippen molar-refractivity contribution in [1.82, 2.24) is 19.8 Å². The summed E-state index contributed by atoms with van der Waals surface area (Å²) in [6.45, 7) is 16.7. The van der Waals surface area contributed by atoms with Crippen LogP contribution in [0.25, 0.3) is 0 Å². The average molecular weight is 600 g/mol. The fourth-order valence-electron chi connectivity index (χ4n) is 4.51. The largest absolute Gasteiger partial charge is 0.480 e. The molecule has 1 saturated heterocycles. The minimum atomic E-state index is -1.07. The van der Waals surface area contributed by atoms with Gasteiger partial charge in [-0.1, -0.05) is 26.0 Å². The van der Waals surface area contributed by atoms with Crippen LogP contribution in [0.1, 0.15) is 66.9 Å². The van der Waals surface area contributed by atoms with E-state index < -0.39 is 12.0 Å². The van der Waals surface area contributed by atoms with E-state index in [0.29, 0.717) is 50.1 Å². The van der Waals surface area contributed by atoms with Gasteiger partial charge in [0.1, 0.15) is 17.5 Å². The van der Waals surface area contributed by atoms with Gasteiger partial charge in [-0.15, -0.1) is 0 Å². The normalized spacial score (nSPS) is 13.1. The van der Waals surface area contributed by atoms with Gasteiger partial charge in [-0.25, -0.2) is 19.4 Å². The molecular formula is C31H49N7O5. The molecule has 2 N–H and O–H groups in total. The van der Waals surface area contributed by atoms with Crippen LogP contribution in [0, 0.1) is 0 Å². The molecule has 0 radical (unpaired) electrons. The van der Waals surface area contributed by atoms with Gasteiger partial charge in [-0.3, -0.25) is 4.90 Å². The van der Waals surface area contributed by atoms with Crippen LogP contribution in [0.15, 0.2) is 30.5 Å². The predicted octanol–water partition coefficient (Wildman–Crippen LogP) is 5.34. The average Bonchev–Trinajstić information content (AvgIpc) is 3.55. The molecule has 43 heavy (non-hydrogen) atoms. The Bertz CT molecular complexity index is 1180. The summed E-state index contributed by atoms with van der Waals surface area (Å²) < 4.78 is 5.46. The summed E-state index contributed by atoms with van der Waals surface area (Å²) in [4.78, 5) is 54.0. The lowest BCUT2D eigenvalue weighted by Crippen LogP contribution is -2.45. The second-order valence-electron chi connectivity index (χ2n) is 10.3. The van der Waals surface area contributed by atoms with Gasteiger partial charge in [-0.2, -0.15) is 4.98 Å². The number of rotatable bonds is 12. The number of nitrogens with one attached hydrogen (secondary N) is 1. The Hall–Kier alpha value is -4.09. The third-order valence-electron chi connectivity index (χ3n) is 7.26. The molecule has 1 aromatic carbocycles. The molecule has 2 heterocycles. The van der Waals surface area contributed by atoms with E-state index in [-0.39, 0.29) is 30.4 Å². The van der Waals surface area contributed by atoms with Crippen molar-refractivity contribution in [3.63, 3.8) is 0 Å². The van der Waals surface area contributed by atoms with Crippen LogP contribution in [0.5, 0.6) is 5.75 Å². The van der Waals surface area contributed by atoms with Crippen molar-refractivity contribution in [3.05, 3.63) is 36.0 Å². The van der Waals surface area contributed by atoms with Gasteiger partial charge in [0.15, 0.2) is 5.82 Å². The predicted molar refractivity (Wildman–Crippen MR) is 170 cm³/mol. The Morgan fingerprint density at radius 3 is 2.14 bits per heavy atom. The number of carboxylic acid groups (broad SMARTS) is 1. The minimum absolute atomic E-state index is 0.0341. The molecule has 1 unspecified atom stereocenters. The van der Waals surface area contributed by atoms with Crippen LogP contribution in [0.2, 0.25) is 0 Å². The summed E-state index contributed by atoms with van der Waals surface area (Å²) in [5.74, 6) is 0.0315. The molecule has 0 aliphatic carbocycles. The van der Waals surface area contributed by atoms with Gasteiger partial charge in [0.05, 0.1) is 6.20 Å². The standard InChI is InChI=1S/C29H43N7O5.C2H6/c1-7-34(8-2)27-30-19-24(36(9-3)28(39)33(6)20(4)5)25(32-27)31-23(26(37)38)18-21-12-14-22(15-13-21)41-29(40)35-16-10-11-17-35;1-2/h12-15,19-20,23H,7-11,16-18H2,1-6H3,(H,37,38)(H,30,31,32);1-2H3. The van der Waals surface area contributed by atoms with Crippen LogP contribution < -0.4 is 19.9 Å². The van der Waals surface area contributed by atoms with Gasteiger partial charge in [0, 0.05) is 52.2 Å². The molecule has 2 aromatic rings. The van der Waals surface area contributed by atoms with E-state index in [4.69, 9.17) is 4.74 Å². The zero-order chi connectivity index (χ0) is 32.1. The maximum atomic E-state index is 13.3. The Labute approximate surface area is 256 Å². The van der Waals surface area contributed by atoms with Crippen LogP contribution in [-0.4, -0.2) is 94.8 Å². The molecule has 3 amide bonds. The summed E-state index contributed by atoms with van der Waals surface area (Å²) in [5, 5.41) is 13.2. The van der Waals surface area contributed by atoms with Crippen molar-refractivity contribution in [2.45, 2.75) is 79.8 Å². The number of anilines is 3. The second kappa shape index (κ2) is 17.1. The van der Waals surface area contributed by atoms with Gasteiger partial charge in [0.25, 0.3) is 0 Å². The Morgan fingerprint density at radius 2 is 1.63 bits per heavy atom. The third-order valence-corrected chi connectivity index (χ3v) is 7.26. The molecule has 1 aliphatic heterocycles. The highest BCUT2D eigenvalue weighted by Crippen LogP contribution is 2.28. The highest BCUT2D eigenvalue weighted by molar-refractivity contribution is 5.95. The maximum absolute atomic E-state index is 13.3. The van der Waals surface area contributed by atoms with Crippen molar-refractivity contribution in [2.24, 2.45) is 0 Å². The molecule has 1 fully saturated rings. The zero-order valence-corrected chi connectivity index (χ0v) is 27.0. The van der Waals surface area contributed by atoms with Crippen LogP contribution in [0.3, 0.4) is 0 Å². The monoisotopic (exact) mass is 599 g/mol. The van der Waals surface area contributed by atoms with Crippen molar-refractivity contribution in [1.29, 1.82) is 0 Å². The lowest BCUT2D eigenvalue weighted by Gasteiger charge is -2.31. The zero-order valence-electron chi connectivity index (χ0n) is 27.0. The number of amides is 3. The lowest BCUT2D eigenvalue weighted by atomic mass is 10.1. The van der Waals surface area contributed by atoms with Crippen LogP contribution >= 0.6 is 0 Å². The number of nitrogens with zero attached hydrogens (tertiary/aromatic N) is 6. The number of ether oxygens (including phenoxy) is 1. The molecule has 12 heteroatoms. The molecule has 0 saturated carbocycles. The summed E-state index contributed by atoms with van der Waals surface area (Å²) >= 11 is 0. The maximum Gasteiger partial charge on any atom is 0.415 e. The number of benzene rings is 1. The number of carboxylic acids is 1.